The van der Waals surface area contributed by atoms with Crippen molar-refractivity contribution >= 4 is 0 Å². The molecule has 2 N–H and O–H groups in total. The minimum absolute atomic E-state index is 0.0817. The predicted octanol–water partition coefficient (Wildman–Crippen LogP) is 2.01. The van der Waals surface area contributed by atoms with E-state index in [0.717, 1.165) is 19.0 Å². The fourth-order valence-electron chi connectivity index (χ4n) is 3.07. The van der Waals surface area contributed by atoms with Gasteiger partial charge in [-0.2, -0.15) is 13.2 Å². The zero-order chi connectivity index (χ0) is 14.8. The zero-order valence-electron chi connectivity index (χ0n) is 12.0. The standard InChI is InChI=1S/C14H25F3N2O/c1-2-13(20)11-5-12(18-9-14(15,16)17)8-19(7-11)6-10-3-4-10/h10-13,18,20H,2-9H2,1H3. The van der Waals surface area contributed by atoms with Gasteiger partial charge in [-0.3, -0.25) is 0 Å². The van der Waals surface area contributed by atoms with Crippen LogP contribution in [0.2, 0.25) is 0 Å². The van der Waals surface area contributed by atoms with Crippen molar-refractivity contribution in [2.24, 2.45) is 11.8 Å². The van der Waals surface area contributed by atoms with E-state index in [9.17, 15) is 18.3 Å². The molecule has 3 atom stereocenters. The Hall–Kier alpha value is -0.330. The van der Waals surface area contributed by atoms with Crippen molar-refractivity contribution in [1.29, 1.82) is 0 Å². The summed E-state index contributed by atoms with van der Waals surface area (Å²) >= 11 is 0. The van der Waals surface area contributed by atoms with Gasteiger partial charge in [0, 0.05) is 25.7 Å². The highest BCUT2D eigenvalue weighted by Gasteiger charge is 2.35. The second kappa shape index (κ2) is 6.62. The zero-order valence-corrected chi connectivity index (χ0v) is 12.0. The van der Waals surface area contributed by atoms with E-state index in [4.69, 9.17) is 0 Å². The lowest BCUT2D eigenvalue weighted by Gasteiger charge is -2.40. The third-order valence-corrected chi connectivity index (χ3v) is 4.33. The number of aliphatic hydroxyl groups excluding tert-OH is 1. The van der Waals surface area contributed by atoms with E-state index in [-0.39, 0.29) is 12.0 Å². The van der Waals surface area contributed by atoms with Gasteiger partial charge in [-0.05, 0) is 37.5 Å². The topological polar surface area (TPSA) is 35.5 Å². The summed E-state index contributed by atoms with van der Waals surface area (Å²) in [5.41, 5.74) is 0. The summed E-state index contributed by atoms with van der Waals surface area (Å²) in [6.45, 7) is 3.43. The molecule has 3 nitrogen and oxygen atoms in total. The fourth-order valence-corrected chi connectivity index (χ4v) is 3.07. The number of nitrogens with zero attached hydrogens (tertiary/aromatic N) is 1. The van der Waals surface area contributed by atoms with Crippen molar-refractivity contribution in [1.82, 2.24) is 10.2 Å². The van der Waals surface area contributed by atoms with Crippen LogP contribution in [0.5, 0.6) is 0 Å². The molecule has 1 heterocycles. The SMILES string of the molecule is CCC(O)C1CC(NCC(F)(F)F)CN(CC2CC2)C1. The molecule has 2 aliphatic rings. The molecule has 1 saturated carbocycles. The molecule has 0 aromatic carbocycles. The molecule has 3 unspecified atom stereocenters. The minimum Gasteiger partial charge on any atom is -0.393 e. The van der Waals surface area contributed by atoms with Crippen molar-refractivity contribution < 1.29 is 18.3 Å². The van der Waals surface area contributed by atoms with Gasteiger partial charge in [0.2, 0.25) is 0 Å². The van der Waals surface area contributed by atoms with Gasteiger partial charge in [-0.25, -0.2) is 0 Å². The summed E-state index contributed by atoms with van der Waals surface area (Å²) in [7, 11) is 0. The van der Waals surface area contributed by atoms with Crippen molar-refractivity contribution in [3.8, 4) is 0 Å². The molecule has 1 aliphatic heterocycles. The maximum absolute atomic E-state index is 12.3. The first-order valence-corrected chi connectivity index (χ1v) is 7.58. The summed E-state index contributed by atoms with van der Waals surface area (Å²) in [6, 6.07) is -0.171. The number of aliphatic hydroxyl groups is 1. The van der Waals surface area contributed by atoms with Crippen LogP contribution >= 0.6 is 0 Å². The Kier molecular flexibility index (Phi) is 5.31. The number of halogens is 3. The Bertz CT molecular complexity index is 307. The third kappa shape index (κ3) is 5.22. The van der Waals surface area contributed by atoms with Crippen LogP contribution in [0, 0.1) is 11.8 Å². The molecule has 2 fully saturated rings. The van der Waals surface area contributed by atoms with Gasteiger partial charge in [-0.15, -0.1) is 0 Å². The molecule has 0 bridgehead atoms. The first kappa shape index (κ1) is 16.0. The van der Waals surface area contributed by atoms with E-state index < -0.39 is 18.8 Å². The Morgan fingerprint density at radius 3 is 2.55 bits per heavy atom. The number of piperidine rings is 1. The van der Waals surface area contributed by atoms with Gasteiger partial charge in [0.05, 0.1) is 12.6 Å². The van der Waals surface area contributed by atoms with Crippen molar-refractivity contribution in [2.75, 3.05) is 26.2 Å². The van der Waals surface area contributed by atoms with Crippen LogP contribution in [-0.2, 0) is 0 Å². The first-order valence-electron chi connectivity index (χ1n) is 7.58. The highest BCUT2D eigenvalue weighted by molar-refractivity contribution is 4.89. The molecule has 0 spiro atoms. The largest absolute Gasteiger partial charge is 0.401 e. The second-order valence-corrected chi connectivity index (χ2v) is 6.33. The van der Waals surface area contributed by atoms with E-state index in [1.54, 1.807) is 0 Å². The second-order valence-electron chi connectivity index (χ2n) is 6.33. The molecule has 118 valence electrons. The maximum atomic E-state index is 12.3. The van der Waals surface area contributed by atoms with Crippen molar-refractivity contribution in [3.05, 3.63) is 0 Å². The minimum atomic E-state index is -4.17. The number of hydrogen-bond acceptors (Lipinski definition) is 3. The van der Waals surface area contributed by atoms with Gasteiger partial charge in [0.15, 0.2) is 0 Å². The first-order chi connectivity index (χ1) is 9.37. The van der Waals surface area contributed by atoms with E-state index in [2.05, 4.69) is 10.2 Å². The van der Waals surface area contributed by atoms with Gasteiger partial charge < -0.3 is 15.3 Å². The lowest BCUT2D eigenvalue weighted by molar-refractivity contribution is -0.127. The predicted molar refractivity (Wildman–Crippen MR) is 71.4 cm³/mol. The molecule has 20 heavy (non-hydrogen) atoms. The van der Waals surface area contributed by atoms with E-state index in [1.165, 1.54) is 12.8 Å². The average Bonchev–Trinajstić information content (AvgIpc) is 3.18. The molecule has 0 aromatic rings. The molecule has 0 radical (unpaired) electrons. The van der Waals surface area contributed by atoms with Crippen molar-refractivity contribution in [2.45, 2.75) is 50.9 Å². The molecule has 6 heteroatoms. The summed E-state index contributed by atoms with van der Waals surface area (Å²) in [6.07, 6.45) is -0.819. The molecular formula is C14H25F3N2O. The van der Waals surface area contributed by atoms with Crippen LogP contribution in [0.1, 0.15) is 32.6 Å². The van der Waals surface area contributed by atoms with Crippen LogP contribution in [0.15, 0.2) is 0 Å². The highest BCUT2D eigenvalue weighted by Crippen LogP contribution is 2.32. The van der Waals surface area contributed by atoms with Crippen LogP contribution in [-0.4, -0.2) is 54.5 Å². The van der Waals surface area contributed by atoms with Gasteiger partial charge in [-0.1, -0.05) is 6.92 Å². The Balaban J connectivity index is 1.88. The van der Waals surface area contributed by atoms with E-state index in [1.807, 2.05) is 6.92 Å². The quantitative estimate of drug-likeness (QED) is 0.786. The highest BCUT2D eigenvalue weighted by atomic mass is 19.4. The smallest absolute Gasteiger partial charge is 0.393 e. The number of likely N-dealkylation sites (tertiary alicyclic amines) is 1. The fraction of sp³-hybridized carbons (Fsp3) is 1.00. The summed E-state index contributed by atoms with van der Waals surface area (Å²) in [5.74, 6) is 0.800. The molecule has 0 aromatic heterocycles. The maximum Gasteiger partial charge on any atom is 0.401 e. The third-order valence-electron chi connectivity index (χ3n) is 4.33. The van der Waals surface area contributed by atoms with Crippen LogP contribution < -0.4 is 5.32 Å². The van der Waals surface area contributed by atoms with E-state index >= 15 is 0 Å². The summed E-state index contributed by atoms with van der Waals surface area (Å²) in [4.78, 5) is 2.23. The average molecular weight is 294 g/mol. The summed E-state index contributed by atoms with van der Waals surface area (Å²) in [5, 5.41) is 12.6. The molecule has 1 aliphatic carbocycles. The Morgan fingerprint density at radius 1 is 1.30 bits per heavy atom. The molecule has 2 rings (SSSR count). The van der Waals surface area contributed by atoms with Crippen LogP contribution in [0.3, 0.4) is 0 Å². The van der Waals surface area contributed by atoms with E-state index in [0.29, 0.717) is 19.4 Å². The normalized spacial score (nSPS) is 30.4. The summed E-state index contributed by atoms with van der Waals surface area (Å²) < 4.78 is 37.0. The molecule has 1 saturated heterocycles. The van der Waals surface area contributed by atoms with Crippen molar-refractivity contribution in [3.63, 3.8) is 0 Å². The van der Waals surface area contributed by atoms with Gasteiger partial charge >= 0.3 is 6.18 Å². The Labute approximate surface area is 118 Å². The van der Waals surface area contributed by atoms with Gasteiger partial charge in [0.25, 0.3) is 0 Å². The Morgan fingerprint density at radius 2 is 2.00 bits per heavy atom. The lowest BCUT2D eigenvalue weighted by Crippen LogP contribution is -2.53. The van der Waals surface area contributed by atoms with Gasteiger partial charge in [0.1, 0.15) is 0 Å². The number of alkyl halides is 3. The van der Waals surface area contributed by atoms with Crippen LogP contribution in [0.25, 0.3) is 0 Å². The number of nitrogens with one attached hydrogen (secondary N) is 1. The molecular weight excluding hydrogens is 269 g/mol. The number of rotatable bonds is 6. The number of hydrogen-bond donors (Lipinski definition) is 2. The lowest BCUT2D eigenvalue weighted by atomic mass is 9.88. The van der Waals surface area contributed by atoms with Crippen LogP contribution in [0.4, 0.5) is 13.2 Å². The monoisotopic (exact) mass is 294 g/mol. The molecule has 0 amide bonds.